The molecule has 3 heteroatoms. The molecule has 18 heavy (non-hydrogen) atoms. The van der Waals surface area contributed by atoms with E-state index < -0.39 is 0 Å². The number of nitrogens with zero attached hydrogens (tertiary/aromatic N) is 1. The van der Waals surface area contributed by atoms with Crippen LogP contribution in [0.4, 0.5) is 0 Å². The van der Waals surface area contributed by atoms with Crippen LogP contribution in [-0.4, -0.2) is 17.0 Å². The number of hydrogen-bond acceptors (Lipinski definition) is 1. The van der Waals surface area contributed by atoms with Gasteiger partial charge in [-0.3, -0.25) is 4.79 Å². The lowest BCUT2D eigenvalue weighted by Crippen LogP contribution is -2.45. The maximum Gasteiger partial charge on any atom is 0.228 e. The number of nitrogens with one attached hydrogen (secondary N) is 1. The van der Waals surface area contributed by atoms with Gasteiger partial charge in [0.15, 0.2) is 0 Å². The molecule has 0 radical (unpaired) electrons. The largest absolute Gasteiger partial charge is 0.353 e. The van der Waals surface area contributed by atoms with Gasteiger partial charge < -0.3 is 9.88 Å². The van der Waals surface area contributed by atoms with Crippen molar-refractivity contribution < 1.29 is 4.79 Å². The van der Waals surface area contributed by atoms with Gasteiger partial charge in [0.25, 0.3) is 0 Å². The molecule has 3 nitrogen and oxygen atoms in total. The lowest BCUT2D eigenvalue weighted by atomic mass is 9.73. The van der Waals surface area contributed by atoms with Crippen molar-refractivity contribution in [3.05, 3.63) is 24.5 Å². The maximum absolute atomic E-state index is 12.4. The highest BCUT2D eigenvalue weighted by Crippen LogP contribution is 2.38. The predicted molar refractivity (Wildman–Crippen MR) is 71.8 cm³/mol. The predicted octanol–water partition coefficient (Wildman–Crippen LogP) is 2.19. The summed E-state index contributed by atoms with van der Waals surface area (Å²) in [7, 11) is 0. The zero-order valence-electron chi connectivity index (χ0n) is 10.7. The zero-order valence-corrected chi connectivity index (χ0v) is 10.7. The van der Waals surface area contributed by atoms with Gasteiger partial charge in [-0.05, 0) is 25.0 Å². The molecule has 0 saturated heterocycles. The first-order valence-electron chi connectivity index (χ1n) is 6.59. The van der Waals surface area contributed by atoms with Gasteiger partial charge in [-0.15, -0.1) is 6.42 Å². The van der Waals surface area contributed by atoms with Crippen molar-refractivity contribution in [3.8, 4) is 12.3 Å². The van der Waals surface area contributed by atoms with Crippen molar-refractivity contribution >= 4 is 5.91 Å². The van der Waals surface area contributed by atoms with Crippen LogP contribution in [-0.2, 0) is 11.3 Å². The smallest absolute Gasteiger partial charge is 0.228 e. The van der Waals surface area contributed by atoms with E-state index in [2.05, 4.69) is 15.8 Å². The topological polar surface area (TPSA) is 34.0 Å². The molecule has 1 saturated carbocycles. The number of carbonyl (C=O) groups is 1. The molecule has 1 aromatic heterocycles. The third kappa shape index (κ3) is 2.76. The summed E-state index contributed by atoms with van der Waals surface area (Å²) in [6, 6.07) is 3.99. The summed E-state index contributed by atoms with van der Waals surface area (Å²) in [5.41, 5.74) is -0.270. The van der Waals surface area contributed by atoms with Gasteiger partial charge in [0.05, 0.1) is 12.0 Å². The summed E-state index contributed by atoms with van der Waals surface area (Å²) < 4.78 is 2.10. The Hall–Kier alpha value is -1.69. The van der Waals surface area contributed by atoms with Crippen LogP contribution in [0.5, 0.6) is 0 Å². The van der Waals surface area contributed by atoms with E-state index in [4.69, 9.17) is 6.42 Å². The first-order chi connectivity index (χ1) is 8.77. The average molecular weight is 244 g/mol. The van der Waals surface area contributed by atoms with Gasteiger partial charge in [-0.2, -0.15) is 0 Å². The summed E-state index contributed by atoms with van der Waals surface area (Å²) in [4.78, 5) is 12.4. The first-order valence-corrected chi connectivity index (χ1v) is 6.59. The fraction of sp³-hybridized carbons (Fsp3) is 0.533. The molecule has 0 unspecified atom stereocenters. The van der Waals surface area contributed by atoms with Crippen LogP contribution in [0.1, 0.15) is 32.1 Å². The van der Waals surface area contributed by atoms with E-state index in [9.17, 15) is 4.79 Å². The summed E-state index contributed by atoms with van der Waals surface area (Å²) >= 11 is 0. The molecule has 1 aromatic rings. The fourth-order valence-corrected chi connectivity index (χ4v) is 2.83. The lowest BCUT2D eigenvalue weighted by Gasteiger charge is -2.36. The highest BCUT2D eigenvalue weighted by atomic mass is 16.2. The van der Waals surface area contributed by atoms with Crippen LogP contribution in [0.15, 0.2) is 24.5 Å². The quantitative estimate of drug-likeness (QED) is 0.809. The number of hydrogen-bond donors (Lipinski definition) is 1. The van der Waals surface area contributed by atoms with Gasteiger partial charge in [0.1, 0.15) is 0 Å². The third-order valence-electron chi connectivity index (χ3n) is 3.79. The van der Waals surface area contributed by atoms with Crippen molar-refractivity contribution in [2.75, 3.05) is 6.54 Å². The van der Waals surface area contributed by atoms with Gasteiger partial charge in [-0.25, -0.2) is 0 Å². The number of carbonyl (C=O) groups excluding carboxylic acids is 1. The standard InChI is InChI=1S/C15H20N2O/c1-2-10-16-14(18)15(8-4-3-5-9-15)13-17-11-6-7-12-17/h1,6-7,11-12H,3-5,8-10,13H2,(H,16,18). The second-order valence-corrected chi connectivity index (χ2v) is 5.08. The Morgan fingerprint density at radius 2 is 1.94 bits per heavy atom. The highest BCUT2D eigenvalue weighted by molar-refractivity contribution is 5.82. The van der Waals surface area contributed by atoms with Gasteiger partial charge in [0.2, 0.25) is 5.91 Å². The van der Waals surface area contributed by atoms with E-state index in [1.54, 1.807) is 0 Å². The lowest BCUT2D eigenvalue weighted by molar-refractivity contribution is -0.133. The van der Waals surface area contributed by atoms with E-state index in [1.807, 2.05) is 24.5 Å². The molecule has 1 amide bonds. The summed E-state index contributed by atoms with van der Waals surface area (Å²) in [6.45, 7) is 1.09. The van der Waals surface area contributed by atoms with Gasteiger partial charge in [0, 0.05) is 18.9 Å². The Morgan fingerprint density at radius 1 is 1.28 bits per heavy atom. The Morgan fingerprint density at radius 3 is 2.56 bits per heavy atom. The SMILES string of the molecule is C#CCNC(=O)C1(Cn2cccc2)CCCCC1. The molecular formula is C15H20N2O. The molecule has 1 heterocycles. The molecule has 0 aliphatic heterocycles. The molecule has 0 bridgehead atoms. The fourth-order valence-electron chi connectivity index (χ4n) is 2.83. The van der Waals surface area contributed by atoms with E-state index in [-0.39, 0.29) is 11.3 Å². The third-order valence-corrected chi connectivity index (χ3v) is 3.79. The molecule has 2 rings (SSSR count). The van der Waals surface area contributed by atoms with Crippen LogP contribution < -0.4 is 5.32 Å². The first kappa shape index (κ1) is 12.8. The number of aromatic nitrogens is 1. The number of rotatable bonds is 4. The van der Waals surface area contributed by atoms with Gasteiger partial charge >= 0.3 is 0 Å². The van der Waals surface area contributed by atoms with Crippen LogP contribution in [0.2, 0.25) is 0 Å². The average Bonchev–Trinajstić information content (AvgIpc) is 2.89. The molecule has 0 spiro atoms. The van der Waals surface area contributed by atoms with Crippen LogP contribution in [0.25, 0.3) is 0 Å². The minimum absolute atomic E-state index is 0.119. The van der Waals surface area contributed by atoms with E-state index >= 15 is 0 Å². The van der Waals surface area contributed by atoms with Crippen molar-refractivity contribution in [2.45, 2.75) is 38.6 Å². The van der Waals surface area contributed by atoms with Crippen molar-refractivity contribution in [3.63, 3.8) is 0 Å². The molecule has 0 atom stereocenters. The Bertz CT molecular complexity index is 422. The van der Waals surface area contributed by atoms with Crippen LogP contribution in [0, 0.1) is 17.8 Å². The van der Waals surface area contributed by atoms with Crippen molar-refractivity contribution in [2.24, 2.45) is 5.41 Å². The number of amides is 1. The second-order valence-electron chi connectivity index (χ2n) is 5.08. The van der Waals surface area contributed by atoms with Crippen molar-refractivity contribution in [1.82, 2.24) is 9.88 Å². The van der Waals surface area contributed by atoms with Crippen LogP contribution >= 0.6 is 0 Å². The molecule has 0 aromatic carbocycles. The summed E-state index contributed by atoms with van der Waals surface area (Å²) in [5, 5.41) is 2.87. The summed E-state index contributed by atoms with van der Waals surface area (Å²) in [5.74, 6) is 2.59. The monoisotopic (exact) mass is 244 g/mol. The minimum atomic E-state index is -0.270. The normalized spacial score (nSPS) is 17.9. The molecule has 96 valence electrons. The summed E-state index contributed by atoms with van der Waals surface area (Å²) in [6.07, 6.45) is 14.7. The number of terminal acetylenes is 1. The van der Waals surface area contributed by atoms with E-state index in [0.29, 0.717) is 6.54 Å². The van der Waals surface area contributed by atoms with Crippen molar-refractivity contribution in [1.29, 1.82) is 0 Å². The molecule has 1 aliphatic carbocycles. The van der Waals surface area contributed by atoms with E-state index in [0.717, 1.165) is 32.2 Å². The molecule has 1 aliphatic rings. The zero-order chi connectivity index (χ0) is 12.8. The molecule has 1 fully saturated rings. The Balaban J connectivity index is 2.12. The highest BCUT2D eigenvalue weighted by Gasteiger charge is 2.39. The molecule has 1 N–H and O–H groups in total. The second kappa shape index (κ2) is 5.77. The van der Waals surface area contributed by atoms with E-state index in [1.165, 1.54) is 6.42 Å². The van der Waals surface area contributed by atoms with Gasteiger partial charge in [-0.1, -0.05) is 25.2 Å². The maximum atomic E-state index is 12.4. The van der Waals surface area contributed by atoms with Crippen LogP contribution in [0.3, 0.4) is 0 Å². The Labute approximate surface area is 109 Å². The molecular weight excluding hydrogens is 224 g/mol. The Kier molecular flexibility index (Phi) is 4.09. The minimum Gasteiger partial charge on any atom is -0.353 e.